The van der Waals surface area contributed by atoms with Crippen molar-refractivity contribution in [3.05, 3.63) is 164 Å². The van der Waals surface area contributed by atoms with Gasteiger partial charge < -0.3 is 13.3 Å². The molecule has 0 aliphatic carbocycles. The van der Waals surface area contributed by atoms with E-state index in [4.69, 9.17) is 38.2 Å². The van der Waals surface area contributed by atoms with Crippen LogP contribution in [0, 0.1) is 0 Å². The molecule has 0 amide bonds. The van der Waals surface area contributed by atoms with E-state index < -0.39 is 0 Å². The first-order valence-corrected chi connectivity index (χ1v) is 18.7. The number of fused-ring (bicyclic) bond motifs is 9. The minimum atomic E-state index is 0.502. The molecule has 266 valence electrons. The van der Waals surface area contributed by atoms with Crippen LogP contribution < -0.4 is 0 Å². The Morgan fingerprint density at radius 3 is 1.74 bits per heavy atom. The number of hydrogen-bond donors (Lipinski definition) is 0. The molecule has 0 saturated carbocycles. The maximum atomic E-state index is 6.77. The second-order valence-electron chi connectivity index (χ2n) is 14.0. The maximum Gasteiger partial charge on any atom is 0.180 e. The van der Waals surface area contributed by atoms with E-state index in [1.165, 1.54) is 0 Å². The maximum absolute atomic E-state index is 6.77. The molecule has 12 aromatic rings. The van der Waals surface area contributed by atoms with Crippen molar-refractivity contribution >= 4 is 65.9 Å². The predicted molar refractivity (Wildman–Crippen MR) is 224 cm³/mol. The van der Waals surface area contributed by atoms with Gasteiger partial charge in [-0.3, -0.25) is 0 Å². The molecule has 0 fully saturated rings. The molecule has 57 heavy (non-hydrogen) atoms. The highest BCUT2D eigenvalue weighted by Gasteiger charge is 2.22. The zero-order valence-corrected chi connectivity index (χ0v) is 30.0. The molecule has 0 spiro atoms. The van der Waals surface area contributed by atoms with E-state index in [-0.39, 0.29) is 0 Å². The summed E-state index contributed by atoms with van der Waals surface area (Å²) < 4.78 is 19.4. The highest BCUT2D eigenvalue weighted by molar-refractivity contribution is 6.13. The Bertz CT molecular complexity index is 3530. The van der Waals surface area contributed by atoms with Crippen molar-refractivity contribution in [2.75, 3.05) is 0 Å². The molecule has 0 radical (unpaired) electrons. The number of benzene rings is 7. The first-order chi connectivity index (χ1) is 28.2. The Kier molecular flexibility index (Phi) is 6.76. The minimum Gasteiger partial charge on any atom is -0.456 e. The molecule has 7 aromatic carbocycles. The van der Waals surface area contributed by atoms with Crippen LogP contribution in [0.1, 0.15) is 0 Å². The molecule has 0 atom stereocenters. The van der Waals surface area contributed by atoms with Gasteiger partial charge in [-0.25, -0.2) is 24.9 Å². The highest BCUT2D eigenvalue weighted by atomic mass is 16.3. The Morgan fingerprint density at radius 1 is 0.316 bits per heavy atom. The number of aromatic nitrogens is 5. The van der Waals surface area contributed by atoms with Crippen molar-refractivity contribution in [1.29, 1.82) is 0 Å². The quantitative estimate of drug-likeness (QED) is 0.172. The normalized spacial score (nSPS) is 11.9. The van der Waals surface area contributed by atoms with Crippen LogP contribution in [0.3, 0.4) is 0 Å². The monoisotopic (exact) mass is 733 g/mol. The van der Waals surface area contributed by atoms with Crippen LogP contribution in [-0.2, 0) is 0 Å². The molecule has 5 heterocycles. The lowest BCUT2D eigenvalue weighted by Crippen LogP contribution is -2.00. The lowest BCUT2D eigenvalue weighted by molar-refractivity contribution is 0.667. The average molecular weight is 734 g/mol. The molecule has 0 unspecified atom stereocenters. The first-order valence-electron chi connectivity index (χ1n) is 18.7. The molecule has 0 N–H and O–H groups in total. The summed E-state index contributed by atoms with van der Waals surface area (Å²) >= 11 is 0. The van der Waals surface area contributed by atoms with Gasteiger partial charge in [-0.05, 0) is 42.5 Å². The van der Waals surface area contributed by atoms with Crippen LogP contribution >= 0.6 is 0 Å². The van der Waals surface area contributed by atoms with E-state index in [9.17, 15) is 0 Å². The minimum absolute atomic E-state index is 0.502. The van der Waals surface area contributed by atoms with E-state index in [2.05, 4.69) is 18.2 Å². The van der Waals surface area contributed by atoms with Gasteiger partial charge in [0.25, 0.3) is 0 Å². The molecule has 8 heteroatoms. The van der Waals surface area contributed by atoms with Crippen molar-refractivity contribution < 1.29 is 13.3 Å². The van der Waals surface area contributed by atoms with Gasteiger partial charge in [0.2, 0.25) is 0 Å². The summed E-state index contributed by atoms with van der Waals surface area (Å²) in [6, 6.07) is 54.2. The lowest BCUT2D eigenvalue weighted by Gasteiger charge is -2.09. The summed E-state index contributed by atoms with van der Waals surface area (Å²) in [7, 11) is 0. The Morgan fingerprint density at radius 2 is 0.912 bits per heavy atom. The zero-order chi connectivity index (χ0) is 37.5. The van der Waals surface area contributed by atoms with Crippen LogP contribution in [0.2, 0.25) is 0 Å². The van der Waals surface area contributed by atoms with E-state index >= 15 is 0 Å². The summed E-state index contributed by atoms with van der Waals surface area (Å²) in [4.78, 5) is 25.5. The molecular formula is C49H27N5O3. The molecule has 5 aromatic heterocycles. The second-order valence-corrected chi connectivity index (χ2v) is 14.0. The Balaban J connectivity index is 1.05. The summed E-state index contributed by atoms with van der Waals surface area (Å²) in [6.07, 6.45) is 0. The van der Waals surface area contributed by atoms with E-state index in [1.807, 2.05) is 146 Å². The van der Waals surface area contributed by atoms with Gasteiger partial charge in [0.05, 0.1) is 5.56 Å². The second kappa shape index (κ2) is 12.3. The smallest absolute Gasteiger partial charge is 0.180 e. The van der Waals surface area contributed by atoms with Gasteiger partial charge in [0.1, 0.15) is 39.1 Å². The van der Waals surface area contributed by atoms with Crippen LogP contribution in [0.5, 0.6) is 0 Å². The third-order valence-corrected chi connectivity index (χ3v) is 10.6. The van der Waals surface area contributed by atoms with Gasteiger partial charge in [0.15, 0.2) is 28.9 Å². The molecule has 0 bridgehead atoms. The van der Waals surface area contributed by atoms with Gasteiger partial charge in [0, 0.05) is 49.2 Å². The number of rotatable bonds is 5. The predicted octanol–water partition coefficient (Wildman–Crippen LogP) is 12.7. The van der Waals surface area contributed by atoms with Crippen molar-refractivity contribution in [2.45, 2.75) is 0 Å². The van der Waals surface area contributed by atoms with Gasteiger partial charge in [-0.2, -0.15) is 0 Å². The first kappa shape index (κ1) is 31.4. The van der Waals surface area contributed by atoms with Crippen molar-refractivity contribution in [3.8, 4) is 56.8 Å². The topological polar surface area (TPSA) is 104 Å². The van der Waals surface area contributed by atoms with Crippen molar-refractivity contribution in [1.82, 2.24) is 24.9 Å². The number of para-hydroxylation sites is 3. The van der Waals surface area contributed by atoms with E-state index in [1.54, 1.807) is 0 Å². The number of nitrogens with zero attached hydrogens (tertiary/aromatic N) is 5. The van der Waals surface area contributed by atoms with Crippen LogP contribution in [0.4, 0.5) is 0 Å². The van der Waals surface area contributed by atoms with E-state index in [0.717, 1.165) is 82.7 Å². The molecule has 0 aliphatic heterocycles. The molecule has 8 nitrogen and oxygen atoms in total. The van der Waals surface area contributed by atoms with Crippen LogP contribution in [0.15, 0.2) is 177 Å². The summed E-state index contributed by atoms with van der Waals surface area (Å²) in [5, 5.41) is 4.80. The lowest BCUT2D eigenvalue weighted by atomic mass is 10.0. The Labute approximate surface area is 323 Å². The molecular weight excluding hydrogens is 707 g/mol. The standard InChI is InChI=1S/C49H27N5O3/c1-3-13-28(14-4-1)42-45-43(34-18-8-10-23-38(34)56-45)51-47(50-42)30-25-26-31-32-19-11-21-36(44(32)57-40(31)27-30)49-53-46(29-15-5-2-6-16-29)52-48(54-49)35-20-12-24-39-41(35)33-17-7-9-22-37(33)55-39/h1-27H. The van der Waals surface area contributed by atoms with Gasteiger partial charge in [-0.15, -0.1) is 0 Å². The number of furan rings is 3. The van der Waals surface area contributed by atoms with E-state index in [0.29, 0.717) is 40.0 Å². The highest BCUT2D eigenvalue weighted by Crippen LogP contribution is 2.41. The summed E-state index contributed by atoms with van der Waals surface area (Å²) in [5.74, 6) is 2.18. The summed E-state index contributed by atoms with van der Waals surface area (Å²) in [5.41, 5.74) is 10.1. The fraction of sp³-hybridized carbons (Fsp3) is 0. The Hall–Kier alpha value is -7.97. The van der Waals surface area contributed by atoms with Gasteiger partial charge >= 0.3 is 0 Å². The van der Waals surface area contributed by atoms with Crippen molar-refractivity contribution in [3.63, 3.8) is 0 Å². The molecule has 0 aliphatic rings. The van der Waals surface area contributed by atoms with Gasteiger partial charge in [-0.1, -0.05) is 121 Å². The molecule has 0 saturated heterocycles. The fourth-order valence-corrected chi connectivity index (χ4v) is 7.92. The summed E-state index contributed by atoms with van der Waals surface area (Å²) in [6.45, 7) is 0. The number of hydrogen-bond acceptors (Lipinski definition) is 8. The molecule has 12 rings (SSSR count). The third-order valence-electron chi connectivity index (χ3n) is 10.6. The third kappa shape index (κ3) is 4.97. The largest absolute Gasteiger partial charge is 0.456 e. The fourth-order valence-electron chi connectivity index (χ4n) is 7.92. The average Bonchev–Trinajstić information content (AvgIpc) is 3.97. The van der Waals surface area contributed by atoms with Crippen molar-refractivity contribution in [2.24, 2.45) is 0 Å². The van der Waals surface area contributed by atoms with Crippen LogP contribution in [-0.4, -0.2) is 24.9 Å². The van der Waals surface area contributed by atoms with Crippen LogP contribution in [0.25, 0.3) is 123 Å². The zero-order valence-electron chi connectivity index (χ0n) is 30.0. The SMILES string of the molecule is c1ccc(-c2nc(-c3cccc4c3oc3cc(-c5nc(-c6ccccc6)c6oc7ccccc7c6n5)ccc34)nc(-c3cccc4oc5ccccc5c34)n2)cc1.